The second-order valence-electron chi connectivity index (χ2n) is 5.92. The molecule has 10 heteroatoms. The summed E-state index contributed by atoms with van der Waals surface area (Å²) < 4.78 is 30.2. The van der Waals surface area contributed by atoms with Gasteiger partial charge in [-0.25, -0.2) is 12.7 Å². The van der Waals surface area contributed by atoms with Crippen LogP contribution in [0.3, 0.4) is 0 Å². The average molecular weight is 426 g/mol. The number of methoxy groups -OCH3 is 1. The molecule has 2 aromatic carbocycles. The van der Waals surface area contributed by atoms with E-state index in [0.29, 0.717) is 22.0 Å². The van der Waals surface area contributed by atoms with Crippen molar-refractivity contribution >= 4 is 39.1 Å². The maximum atomic E-state index is 12.0. The molecule has 0 aliphatic rings. The molecule has 28 heavy (non-hydrogen) atoms. The molecule has 0 aliphatic carbocycles. The lowest BCUT2D eigenvalue weighted by Gasteiger charge is -2.12. The number of nitrogens with zero attached hydrogens (tertiary/aromatic N) is 1. The van der Waals surface area contributed by atoms with Crippen LogP contribution in [0, 0.1) is 0 Å². The first-order valence-electron chi connectivity index (χ1n) is 8.09. The predicted octanol–water partition coefficient (Wildman–Crippen LogP) is 1.85. The lowest BCUT2D eigenvalue weighted by Crippen LogP contribution is -2.34. The molecule has 0 spiro atoms. The number of rotatable bonds is 6. The Bertz CT molecular complexity index is 975. The zero-order chi connectivity index (χ0) is 20.9. The maximum Gasteiger partial charge on any atom is 0.313 e. The van der Waals surface area contributed by atoms with Gasteiger partial charge in [0.05, 0.1) is 17.0 Å². The van der Waals surface area contributed by atoms with Crippen molar-refractivity contribution in [1.29, 1.82) is 0 Å². The van der Waals surface area contributed by atoms with Gasteiger partial charge in [0.2, 0.25) is 10.0 Å². The van der Waals surface area contributed by atoms with E-state index in [0.717, 1.165) is 4.31 Å². The van der Waals surface area contributed by atoms with E-state index in [2.05, 4.69) is 10.6 Å². The second kappa shape index (κ2) is 9.05. The summed E-state index contributed by atoms with van der Waals surface area (Å²) in [5.41, 5.74) is 0.996. The molecular formula is C18H20ClN3O5S. The minimum absolute atomic E-state index is 0.0674. The molecule has 2 amide bonds. The van der Waals surface area contributed by atoms with Crippen LogP contribution in [-0.4, -0.2) is 45.7 Å². The van der Waals surface area contributed by atoms with Crippen molar-refractivity contribution < 1.29 is 22.7 Å². The van der Waals surface area contributed by atoms with Crippen LogP contribution in [0.25, 0.3) is 0 Å². The molecule has 2 aromatic rings. The fourth-order valence-electron chi connectivity index (χ4n) is 2.18. The highest BCUT2D eigenvalue weighted by Gasteiger charge is 2.17. The van der Waals surface area contributed by atoms with Crippen molar-refractivity contribution in [3.05, 3.63) is 53.1 Å². The van der Waals surface area contributed by atoms with Crippen molar-refractivity contribution in [3.8, 4) is 5.75 Å². The molecule has 0 unspecified atom stereocenters. The Morgan fingerprint density at radius 2 is 1.71 bits per heavy atom. The summed E-state index contributed by atoms with van der Waals surface area (Å²) >= 11 is 5.98. The molecule has 0 bridgehead atoms. The SMILES string of the molecule is COc1ccc(NC(=O)C(=O)NCc2ccc(S(=O)(=O)N(C)C)cc2)cc1Cl. The summed E-state index contributed by atoms with van der Waals surface area (Å²) in [4.78, 5) is 24.1. The summed E-state index contributed by atoms with van der Waals surface area (Å²) in [6, 6.07) is 10.6. The van der Waals surface area contributed by atoms with Crippen molar-refractivity contribution in [1.82, 2.24) is 9.62 Å². The van der Waals surface area contributed by atoms with Gasteiger partial charge in [0.15, 0.2) is 0 Å². The Morgan fingerprint density at radius 3 is 2.25 bits per heavy atom. The lowest BCUT2D eigenvalue weighted by molar-refractivity contribution is -0.136. The third kappa shape index (κ3) is 5.22. The molecule has 2 N–H and O–H groups in total. The minimum atomic E-state index is -3.52. The number of hydrogen-bond acceptors (Lipinski definition) is 5. The highest BCUT2D eigenvalue weighted by Crippen LogP contribution is 2.27. The smallest absolute Gasteiger partial charge is 0.313 e. The van der Waals surface area contributed by atoms with Crippen LogP contribution in [0.15, 0.2) is 47.4 Å². The van der Waals surface area contributed by atoms with Crippen LogP contribution in [0.1, 0.15) is 5.56 Å². The largest absolute Gasteiger partial charge is 0.495 e. The van der Waals surface area contributed by atoms with Crippen molar-refractivity contribution in [2.45, 2.75) is 11.4 Å². The predicted molar refractivity (Wildman–Crippen MR) is 106 cm³/mol. The van der Waals surface area contributed by atoms with E-state index in [1.165, 1.54) is 39.4 Å². The number of carbonyl (C=O) groups is 2. The second-order valence-corrected chi connectivity index (χ2v) is 8.48. The number of ether oxygens (including phenoxy) is 1. The van der Waals surface area contributed by atoms with Crippen LogP contribution in [0.2, 0.25) is 5.02 Å². The van der Waals surface area contributed by atoms with Crippen LogP contribution in [-0.2, 0) is 26.2 Å². The first kappa shape index (κ1) is 21.7. The van der Waals surface area contributed by atoms with Crippen molar-refractivity contribution in [2.75, 3.05) is 26.5 Å². The molecule has 0 saturated carbocycles. The molecule has 8 nitrogen and oxygen atoms in total. The number of halogens is 1. The molecule has 0 saturated heterocycles. The number of sulfonamides is 1. The number of nitrogens with one attached hydrogen (secondary N) is 2. The molecule has 2 rings (SSSR count). The maximum absolute atomic E-state index is 12.0. The van der Waals surface area contributed by atoms with Crippen LogP contribution < -0.4 is 15.4 Å². The minimum Gasteiger partial charge on any atom is -0.495 e. The van der Waals surface area contributed by atoms with Gasteiger partial charge in [-0.05, 0) is 35.9 Å². The molecule has 150 valence electrons. The third-order valence-corrected chi connectivity index (χ3v) is 5.90. The van der Waals surface area contributed by atoms with Crippen LogP contribution >= 0.6 is 11.6 Å². The summed E-state index contributed by atoms with van der Waals surface area (Å²) in [6.45, 7) is 0.0674. The third-order valence-electron chi connectivity index (χ3n) is 3.77. The number of anilines is 1. The fraction of sp³-hybridized carbons (Fsp3) is 0.222. The summed E-state index contributed by atoms with van der Waals surface area (Å²) in [7, 11) is 0.833. The number of benzene rings is 2. The number of amides is 2. The molecule has 0 atom stereocenters. The Hall–Kier alpha value is -2.62. The number of carbonyl (C=O) groups excluding carboxylic acids is 2. The van der Waals surface area contributed by atoms with Gasteiger partial charge in [-0.1, -0.05) is 23.7 Å². The highest BCUT2D eigenvalue weighted by atomic mass is 35.5. The Morgan fingerprint density at radius 1 is 1.07 bits per heavy atom. The van der Waals surface area contributed by atoms with Gasteiger partial charge in [-0.15, -0.1) is 0 Å². The molecule has 0 fully saturated rings. The molecule has 0 aliphatic heterocycles. The van der Waals surface area contributed by atoms with Gasteiger partial charge in [0, 0.05) is 26.3 Å². The van der Waals surface area contributed by atoms with E-state index in [1.54, 1.807) is 24.3 Å². The molecular weight excluding hydrogens is 406 g/mol. The standard InChI is InChI=1S/C18H20ClN3O5S/c1-22(2)28(25,26)14-7-4-12(5-8-14)11-20-17(23)18(24)21-13-6-9-16(27-3)15(19)10-13/h4-10H,11H2,1-3H3,(H,20,23)(H,21,24). The van der Waals surface area contributed by atoms with Crippen LogP contribution in [0.4, 0.5) is 5.69 Å². The van der Waals surface area contributed by atoms with Gasteiger partial charge in [0.25, 0.3) is 0 Å². The summed E-state index contributed by atoms with van der Waals surface area (Å²) in [6.07, 6.45) is 0. The van der Waals surface area contributed by atoms with Gasteiger partial charge in [-0.3, -0.25) is 9.59 Å². The normalized spacial score (nSPS) is 11.2. The van der Waals surface area contributed by atoms with E-state index in [-0.39, 0.29) is 11.4 Å². The van der Waals surface area contributed by atoms with E-state index in [4.69, 9.17) is 16.3 Å². The lowest BCUT2D eigenvalue weighted by atomic mass is 10.2. The summed E-state index contributed by atoms with van der Waals surface area (Å²) in [5.74, 6) is -1.24. The van der Waals surface area contributed by atoms with Gasteiger partial charge < -0.3 is 15.4 Å². The number of hydrogen-bond donors (Lipinski definition) is 2. The Balaban J connectivity index is 1.94. The first-order valence-corrected chi connectivity index (χ1v) is 9.91. The zero-order valence-electron chi connectivity index (χ0n) is 15.5. The average Bonchev–Trinajstić information content (AvgIpc) is 2.66. The van der Waals surface area contributed by atoms with Crippen molar-refractivity contribution in [3.63, 3.8) is 0 Å². The highest BCUT2D eigenvalue weighted by molar-refractivity contribution is 7.89. The topological polar surface area (TPSA) is 105 Å². The van der Waals surface area contributed by atoms with E-state index in [1.807, 2.05) is 0 Å². The fourth-order valence-corrected chi connectivity index (χ4v) is 3.34. The van der Waals surface area contributed by atoms with E-state index >= 15 is 0 Å². The Labute approximate surface area is 168 Å². The molecule has 0 heterocycles. The Kier molecular flexibility index (Phi) is 7.00. The van der Waals surface area contributed by atoms with Gasteiger partial charge >= 0.3 is 11.8 Å². The zero-order valence-corrected chi connectivity index (χ0v) is 17.1. The van der Waals surface area contributed by atoms with Gasteiger partial charge in [-0.2, -0.15) is 0 Å². The van der Waals surface area contributed by atoms with Gasteiger partial charge in [0.1, 0.15) is 5.75 Å². The quantitative estimate of drug-likeness (QED) is 0.687. The molecule has 0 radical (unpaired) electrons. The summed E-state index contributed by atoms with van der Waals surface area (Å²) in [5, 5.41) is 5.20. The van der Waals surface area contributed by atoms with E-state index in [9.17, 15) is 18.0 Å². The van der Waals surface area contributed by atoms with Crippen LogP contribution in [0.5, 0.6) is 5.75 Å². The monoisotopic (exact) mass is 425 g/mol. The molecule has 0 aromatic heterocycles. The van der Waals surface area contributed by atoms with Crippen molar-refractivity contribution in [2.24, 2.45) is 0 Å². The van der Waals surface area contributed by atoms with E-state index < -0.39 is 21.8 Å². The first-order chi connectivity index (χ1) is 13.1.